The van der Waals surface area contributed by atoms with Crippen LogP contribution in [-0.4, -0.2) is 34.8 Å². The Bertz CT molecular complexity index is 326. The van der Waals surface area contributed by atoms with E-state index in [4.69, 9.17) is 5.21 Å². The largest absolute Gasteiger partial charge is 0.411 e. The van der Waals surface area contributed by atoms with E-state index in [2.05, 4.69) is 19.0 Å². The summed E-state index contributed by atoms with van der Waals surface area (Å²) in [6.45, 7) is 5.83. The molecule has 0 bridgehead atoms. The molecular formula is C13H22N2O2. The molecule has 0 aromatic heterocycles. The number of hydrogen-bond donors (Lipinski definition) is 1. The summed E-state index contributed by atoms with van der Waals surface area (Å²) in [5.41, 5.74) is 0.974. The van der Waals surface area contributed by atoms with E-state index in [1.807, 2.05) is 4.90 Å². The lowest BCUT2D eigenvalue weighted by Gasteiger charge is -2.34. The quantitative estimate of drug-likeness (QED) is 0.563. The lowest BCUT2D eigenvalue weighted by Crippen LogP contribution is -2.44. The molecule has 0 radical (unpaired) electrons. The van der Waals surface area contributed by atoms with Crippen molar-refractivity contribution in [3.8, 4) is 0 Å². The predicted molar refractivity (Wildman–Crippen MR) is 66.2 cm³/mol. The molecule has 1 aliphatic heterocycles. The second kappa shape index (κ2) is 4.67. The Morgan fingerprint density at radius 2 is 2.06 bits per heavy atom. The Labute approximate surface area is 103 Å². The molecule has 0 aromatic carbocycles. The monoisotopic (exact) mass is 238 g/mol. The summed E-state index contributed by atoms with van der Waals surface area (Å²) < 4.78 is 0. The number of carbonyl (C=O) groups excluding carboxylic acids is 1. The van der Waals surface area contributed by atoms with Crippen molar-refractivity contribution in [1.82, 2.24) is 4.90 Å². The van der Waals surface area contributed by atoms with Gasteiger partial charge in [0.1, 0.15) is 0 Å². The fraction of sp³-hybridized carbons (Fsp3) is 0.846. The van der Waals surface area contributed by atoms with Crippen LogP contribution in [0, 0.1) is 11.3 Å². The molecule has 96 valence electrons. The van der Waals surface area contributed by atoms with Gasteiger partial charge in [-0.2, -0.15) is 0 Å². The number of piperidine rings is 1. The zero-order valence-corrected chi connectivity index (χ0v) is 10.8. The Hall–Kier alpha value is -1.06. The molecule has 1 N–H and O–H groups in total. The molecule has 2 fully saturated rings. The highest BCUT2D eigenvalue weighted by Gasteiger charge is 2.41. The van der Waals surface area contributed by atoms with Gasteiger partial charge in [0.15, 0.2) is 0 Å². The molecule has 2 aliphatic rings. The summed E-state index contributed by atoms with van der Waals surface area (Å²) in [4.78, 5) is 14.4. The third kappa shape index (κ3) is 2.45. The molecule has 17 heavy (non-hydrogen) atoms. The van der Waals surface area contributed by atoms with Gasteiger partial charge in [0.2, 0.25) is 5.91 Å². The summed E-state index contributed by atoms with van der Waals surface area (Å²) in [7, 11) is 0. The molecule has 2 rings (SSSR count). The van der Waals surface area contributed by atoms with Crippen molar-refractivity contribution in [2.24, 2.45) is 16.5 Å². The molecule has 1 aliphatic carbocycles. The molecule has 4 heteroatoms. The number of oxime groups is 1. The first-order valence-corrected chi connectivity index (χ1v) is 6.53. The normalized spacial score (nSPS) is 28.2. The van der Waals surface area contributed by atoms with Crippen LogP contribution < -0.4 is 0 Å². The van der Waals surface area contributed by atoms with E-state index in [0.717, 1.165) is 31.4 Å². The van der Waals surface area contributed by atoms with Gasteiger partial charge in [0.25, 0.3) is 0 Å². The fourth-order valence-electron chi connectivity index (χ4n) is 3.09. The summed E-state index contributed by atoms with van der Waals surface area (Å²) in [6, 6.07) is 0. The van der Waals surface area contributed by atoms with Crippen LogP contribution in [0.3, 0.4) is 0 Å². The van der Waals surface area contributed by atoms with Gasteiger partial charge in [-0.05, 0) is 18.3 Å². The first-order valence-electron chi connectivity index (χ1n) is 6.53. The number of amides is 1. The highest BCUT2D eigenvalue weighted by Crippen LogP contribution is 2.43. The molecule has 1 amide bonds. The summed E-state index contributed by atoms with van der Waals surface area (Å²) >= 11 is 0. The van der Waals surface area contributed by atoms with Crippen molar-refractivity contribution in [3.05, 3.63) is 0 Å². The molecule has 0 spiro atoms. The zero-order valence-electron chi connectivity index (χ0n) is 10.8. The van der Waals surface area contributed by atoms with Crippen molar-refractivity contribution in [1.29, 1.82) is 0 Å². The number of hydrogen-bond acceptors (Lipinski definition) is 3. The van der Waals surface area contributed by atoms with Gasteiger partial charge in [-0.15, -0.1) is 0 Å². The van der Waals surface area contributed by atoms with Crippen LogP contribution in [-0.2, 0) is 4.79 Å². The first-order chi connectivity index (χ1) is 8.04. The molecule has 1 saturated carbocycles. The summed E-state index contributed by atoms with van der Waals surface area (Å²) in [5.74, 6) is 0.500. The van der Waals surface area contributed by atoms with Crippen LogP contribution in [0.4, 0.5) is 0 Å². The second-order valence-corrected chi connectivity index (χ2v) is 5.92. The van der Waals surface area contributed by atoms with E-state index in [9.17, 15) is 4.79 Å². The van der Waals surface area contributed by atoms with Crippen LogP contribution in [0.2, 0.25) is 0 Å². The molecule has 1 saturated heterocycles. The maximum Gasteiger partial charge on any atom is 0.226 e. The predicted octanol–water partition coefficient (Wildman–Crippen LogP) is 2.27. The van der Waals surface area contributed by atoms with Gasteiger partial charge in [-0.1, -0.05) is 25.4 Å². The van der Waals surface area contributed by atoms with E-state index in [0.29, 0.717) is 19.0 Å². The van der Waals surface area contributed by atoms with E-state index in [1.54, 1.807) is 0 Å². The molecular weight excluding hydrogens is 216 g/mol. The first kappa shape index (κ1) is 12.4. The van der Waals surface area contributed by atoms with Gasteiger partial charge in [-0.25, -0.2) is 0 Å². The SMILES string of the molecule is CC1(C)CCCC1C(=O)N1CCC(=NO)CC1. The number of nitrogens with zero attached hydrogens (tertiary/aromatic N) is 2. The Morgan fingerprint density at radius 3 is 2.53 bits per heavy atom. The highest BCUT2D eigenvalue weighted by molar-refractivity contribution is 5.87. The minimum Gasteiger partial charge on any atom is -0.411 e. The van der Waals surface area contributed by atoms with E-state index in [-0.39, 0.29) is 11.3 Å². The van der Waals surface area contributed by atoms with E-state index >= 15 is 0 Å². The lowest BCUT2D eigenvalue weighted by molar-refractivity contribution is -0.138. The second-order valence-electron chi connectivity index (χ2n) is 5.92. The fourth-order valence-corrected chi connectivity index (χ4v) is 3.09. The van der Waals surface area contributed by atoms with Gasteiger partial charge in [0, 0.05) is 31.8 Å². The van der Waals surface area contributed by atoms with Crippen LogP contribution in [0.25, 0.3) is 0 Å². The van der Waals surface area contributed by atoms with E-state index < -0.39 is 0 Å². The summed E-state index contributed by atoms with van der Waals surface area (Å²) in [6.07, 6.45) is 4.79. The molecule has 0 aromatic rings. The third-order valence-electron chi connectivity index (χ3n) is 4.35. The van der Waals surface area contributed by atoms with E-state index in [1.165, 1.54) is 6.42 Å². The third-order valence-corrected chi connectivity index (χ3v) is 4.35. The van der Waals surface area contributed by atoms with Crippen molar-refractivity contribution in [3.63, 3.8) is 0 Å². The maximum atomic E-state index is 12.4. The highest BCUT2D eigenvalue weighted by atomic mass is 16.4. The minimum atomic E-state index is 0.155. The Kier molecular flexibility index (Phi) is 3.40. The average molecular weight is 238 g/mol. The van der Waals surface area contributed by atoms with Crippen LogP contribution in [0.15, 0.2) is 5.16 Å². The molecule has 1 unspecified atom stereocenters. The Morgan fingerprint density at radius 1 is 1.41 bits per heavy atom. The van der Waals surface area contributed by atoms with Crippen molar-refractivity contribution < 1.29 is 10.0 Å². The van der Waals surface area contributed by atoms with Crippen molar-refractivity contribution in [2.75, 3.05) is 13.1 Å². The van der Waals surface area contributed by atoms with Crippen LogP contribution >= 0.6 is 0 Å². The average Bonchev–Trinajstić information content (AvgIpc) is 2.68. The Balaban J connectivity index is 1.97. The topological polar surface area (TPSA) is 52.9 Å². The number of carbonyl (C=O) groups is 1. The molecule has 1 heterocycles. The van der Waals surface area contributed by atoms with Crippen LogP contribution in [0.1, 0.15) is 46.0 Å². The maximum absolute atomic E-state index is 12.4. The number of rotatable bonds is 1. The van der Waals surface area contributed by atoms with Crippen molar-refractivity contribution in [2.45, 2.75) is 46.0 Å². The smallest absolute Gasteiger partial charge is 0.226 e. The van der Waals surface area contributed by atoms with Crippen LogP contribution in [0.5, 0.6) is 0 Å². The number of likely N-dealkylation sites (tertiary alicyclic amines) is 1. The molecule has 4 nitrogen and oxygen atoms in total. The standard InChI is InChI=1S/C13H22N2O2/c1-13(2)7-3-4-11(13)12(16)15-8-5-10(14-17)6-9-15/h11,17H,3-9H2,1-2H3. The lowest BCUT2D eigenvalue weighted by atomic mass is 9.81. The van der Waals surface area contributed by atoms with Gasteiger partial charge >= 0.3 is 0 Å². The van der Waals surface area contributed by atoms with Gasteiger partial charge in [-0.3, -0.25) is 4.79 Å². The molecule has 1 atom stereocenters. The zero-order chi connectivity index (χ0) is 12.5. The van der Waals surface area contributed by atoms with Gasteiger partial charge in [0.05, 0.1) is 5.71 Å². The van der Waals surface area contributed by atoms with Gasteiger partial charge < -0.3 is 10.1 Å². The summed E-state index contributed by atoms with van der Waals surface area (Å²) in [5, 5.41) is 11.9. The van der Waals surface area contributed by atoms with Crippen molar-refractivity contribution >= 4 is 11.6 Å². The minimum absolute atomic E-state index is 0.155.